The molecule has 0 aliphatic carbocycles. The Morgan fingerprint density at radius 2 is 1.20 bits per heavy atom. The molecule has 6 rings (SSSR count). The summed E-state index contributed by atoms with van der Waals surface area (Å²) in [4.78, 5) is 4.74. The SMILES string of the molecule is CC(C)(C)c1cc(-c2cccc(Br)c2)c(-c2ccc3c4ccccc4n(-c4ccccn4)c3c2)cc1C(C)(C)C. The lowest BCUT2D eigenvalue weighted by molar-refractivity contribution is 0.530. The number of hydrogen-bond acceptors (Lipinski definition) is 1. The van der Waals surface area contributed by atoms with Gasteiger partial charge in [0.1, 0.15) is 5.82 Å². The molecule has 6 aromatic rings. The average Bonchev–Trinajstić information content (AvgIpc) is 3.25. The van der Waals surface area contributed by atoms with Gasteiger partial charge in [0.05, 0.1) is 11.0 Å². The van der Waals surface area contributed by atoms with Gasteiger partial charge in [-0.3, -0.25) is 4.57 Å². The van der Waals surface area contributed by atoms with E-state index in [4.69, 9.17) is 4.98 Å². The number of pyridine rings is 1. The number of para-hydroxylation sites is 1. The van der Waals surface area contributed by atoms with Crippen LogP contribution in [0.1, 0.15) is 52.7 Å². The van der Waals surface area contributed by atoms with Crippen LogP contribution in [-0.4, -0.2) is 9.55 Å². The number of fused-ring (bicyclic) bond motifs is 3. The summed E-state index contributed by atoms with van der Waals surface area (Å²) in [5.74, 6) is 0.927. The summed E-state index contributed by atoms with van der Waals surface area (Å²) >= 11 is 3.72. The Bertz CT molecular complexity index is 1870. The largest absolute Gasteiger partial charge is 0.294 e. The number of halogens is 1. The first-order chi connectivity index (χ1) is 19.0. The predicted molar refractivity (Wildman–Crippen MR) is 175 cm³/mol. The molecule has 0 radical (unpaired) electrons. The zero-order valence-electron chi connectivity index (χ0n) is 24.1. The van der Waals surface area contributed by atoms with Gasteiger partial charge in [0, 0.05) is 21.4 Å². The van der Waals surface area contributed by atoms with Crippen LogP contribution in [0.2, 0.25) is 0 Å². The van der Waals surface area contributed by atoms with Crippen LogP contribution in [0.4, 0.5) is 0 Å². The molecule has 0 aliphatic rings. The molecule has 200 valence electrons. The summed E-state index contributed by atoms with van der Waals surface area (Å²) in [6.07, 6.45) is 1.87. The van der Waals surface area contributed by atoms with Crippen LogP contribution in [0.3, 0.4) is 0 Å². The van der Waals surface area contributed by atoms with E-state index in [1.165, 1.54) is 49.7 Å². The number of nitrogens with zero attached hydrogens (tertiary/aromatic N) is 2. The highest BCUT2D eigenvalue weighted by Crippen LogP contribution is 2.44. The monoisotopic (exact) mass is 586 g/mol. The Labute approximate surface area is 245 Å². The number of rotatable bonds is 3. The van der Waals surface area contributed by atoms with Crippen LogP contribution < -0.4 is 0 Å². The summed E-state index contributed by atoms with van der Waals surface area (Å²) in [5, 5.41) is 2.47. The van der Waals surface area contributed by atoms with Crippen molar-refractivity contribution in [2.24, 2.45) is 0 Å². The molecule has 0 amide bonds. The highest BCUT2D eigenvalue weighted by molar-refractivity contribution is 9.10. The average molecular weight is 588 g/mol. The van der Waals surface area contributed by atoms with Crippen molar-refractivity contribution in [3.8, 4) is 28.1 Å². The molecule has 4 aromatic carbocycles. The molecule has 2 aromatic heterocycles. The predicted octanol–water partition coefficient (Wildman–Crippen LogP) is 10.9. The smallest absolute Gasteiger partial charge is 0.137 e. The molecule has 0 atom stereocenters. The van der Waals surface area contributed by atoms with E-state index in [2.05, 4.69) is 153 Å². The molecule has 0 aliphatic heterocycles. The van der Waals surface area contributed by atoms with Gasteiger partial charge in [-0.2, -0.15) is 0 Å². The fourth-order valence-electron chi connectivity index (χ4n) is 5.85. The maximum Gasteiger partial charge on any atom is 0.137 e. The fraction of sp³-hybridized carbons (Fsp3) is 0.216. The van der Waals surface area contributed by atoms with Crippen LogP contribution in [0.5, 0.6) is 0 Å². The second kappa shape index (κ2) is 9.74. The topological polar surface area (TPSA) is 17.8 Å². The Morgan fingerprint density at radius 1 is 0.575 bits per heavy atom. The molecule has 40 heavy (non-hydrogen) atoms. The van der Waals surface area contributed by atoms with Gasteiger partial charge in [-0.15, -0.1) is 0 Å². The van der Waals surface area contributed by atoms with E-state index in [-0.39, 0.29) is 10.8 Å². The Morgan fingerprint density at radius 3 is 1.82 bits per heavy atom. The van der Waals surface area contributed by atoms with Crippen molar-refractivity contribution in [1.82, 2.24) is 9.55 Å². The van der Waals surface area contributed by atoms with Crippen LogP contribution in [0.15, 0.2) is 108 Å². The summed E-state index contributed by atoms with van der Waals surface area (Å²) in [7, 11) is 0. The summed E-state index contributed by atoms with van der Waals surface area (Å²) in [6.45, 7) is 13.9. The lowest BCUT2D eigenvalue weighted by Crippen LogP contribution is -2.22. The highest BCUT2D eigenvalue weighted by Gasteiger charge is 2.28. The lowest BCUT2D eigenvalue weighted by Gasteiger charge is -2.32. The molecular formula is C37H35BrN2. The van der Waals surface area contributed by atoms with Crippen molar-refractivity contribution in [2.75, 3.05) is 0 Å². The van der Waals surface area contributed by atoms with Crippen LogP contribution >= 0.6 is 15.9 Å². The minimum Gasteiger partial charge on any atom is -0.294 e. The van der Waals surface area contributed by atoms with Crippen molar-refractivity contribution in [1.29, 1.82) is 0 Å². The summed E-state index contributed by atoms with van der Waals surface area (Å²) < 4.78 is 3.38. The summed E-state index contributed by atoms with van der Waals surface area (Å²) in [5.41, 5.74) is 10.0. The molecule has 0 saturated heterocycles. The minimum atomic E-state index is 0.000121. The second-order valence-corrected chi connectivity index (χ2v) is 13.6. The molecule has 0 fully saturated rings. The third-order valence-corrected chi connectivity index (χ3v) is 8.27. The number of benzene rings is 4. The zero-order chi connectivity index (χ0) is 28.2. The van der Waals surface area contributed by atoms with E-state index in [0.29, 0.717) is 0 Å². The van der Waals surface area contributed by atoms with Gasteiger partial charge in [0.2, 0.25) is 0 Å². The van der Waals surface area contributed by atoms with Gasteiger partial charge >= 0.3 is 0 Å². The maximum atomic E-state index is 4.74. The number of hydrogen-bond donors (Lipinski definition) is 0. The van der Waals surface area contributed by atoms with Crippen molar-refractivity contribution >= 4 is 37.7 Å². The fourth-order valence-corrected chi connectivity index (χ4v) is 6.24. The molecule has 0 N–H and O–H groups in total. The molecule has 2 heterocycles. The number of aromatic nitrogens is 2. The van der Waals surface area contributed by atoms with Crippen LogP contribution in [0, 0.1) is 0 Å². The Balaban J connectivity index is 1.71. The van der Waals surface area contributed by atoms with E-state index in [1.807, 2.05) is 12.3 Å². The normalized spacial score (nSPS) is 12.4. The lowest BCUT2D eigenvalue weighted by atomic mass is 9.72. The summed E-state index contributed by atoms with van der Waals surface area (Å²) in [6, 6.07) is 35.2. The van der Waals surface area contributed by atoms with Gasteiger partial charge in [-0.05, 0) is 92.7 Å². The molecule has 0 unspecified atom stereocenters. The van der Waals surface area contributed by atoms with Gasteiger partial charge in [-0.25, -0.2) is 4.98 Å². The maximum absolute atomic E-state index is 4.74. The molecule has 2 nitrogen and oxygen atoms in total. The van der Waals surface area contributed by atoms with Gasteiger partial charge in [0.25, 0.3) is 0 Å². The van der Waals surface area contributed by atoms with Crippen molar-refractivity contribution in [2.45, 2.75) is 52.4 Å². The van der Waals surface area contributed by atoms with Crippen molar-refractivity contribution in [3.63, 3.8) is 0 Å². The van der Waals surface area contributed by atoms with Gasteiger partial charge in [0.15, 0.2) is 0 Å². The van der Waals surface area contributed by atoms with E-state index < -0.39 is 0 Å². The van der Waals surface area contributed by atoms with Crippen LogP contribution in [-0.2, 0) is 10.8 Å². The standard InChI is InChI=1S/C37H35BrN2/c1-36(2,3)31-22-29(24-12-11-13-26(38)20-24)30(23-32(31)37(4,5)6)25-17-18-28-27-14-7-8-15-33(27)40(34(28)21-25)35-16-9-10-19-39-35/h7-23H,1-6H3. The van der Waals surface area contributed by atoms with E-state index in [9.17, 15) is 0 Å². The quantitative estimate of drug-likeness (QED) is 0.201. The Kier molecular flexibility index (Phi) is 6.46. The first kappa shape index (κ1) is 26.5. The highest BCUT2D eigenvalue weighted by atomic mass is 79.9. The third kappa shape index (κ3) is 4.67. The van der Waals surface area contributed by atoms with E-state index >= 15 is 0 Å². The molecule has 0 spiro atoms. The molecule has 0 saturated carbocycles. The van der Waals surface area contributed by atoms with Gasteiger partial charge in [-0.1, -0.05) is 106 Å². The van der Waals surface area contributed by atoms with E-state index in [1.54, 1.807) is 0 Å². The molecule has 0 bridgehead atoms. The second-order valence-electron chi connectivity index (χ2n) is 12.7. The first-order valence-electron chi connectivity index (χ1n) is 13.9. The Hall–Kier alpha value is -3.69. The van der Waals surface area contributed by atoms with Gasteiger partial charge < -0.3 is 0 Å². The first-order valence-corrected chi connectivity index (χ1v) is 14.7. The van der Waals surface area contributed by atoms with E-state index in [0.717, 1.165) is 15.8 Å². The molecule has 3 heteroatoms. The minimum absolute atomic E-state index is 0.000121. The molecular weight excluding hydrogens is 552 g/mol. The third-order valence-electron chi connectivity index (χ3n) is 7.77. The van der Waals surface area contributed by atoms with Crippen molar-refractivity contribution in [3.05, 3.63) is 119 Å². The van der Waals surface area contributed by atoms with Crippen molar-refractivity contribution < 1.29 is 0 Å². The van der Waals surface area contributed by atoms with Crippen LogP contribution in [0.25, 0.3) is 49.9 Å². The zero-order valence-corrected chi connectivity index (χ0v) is 25.7.